The van der Waals surface area contributed by atoms with Crippen LogP contribution in [0.2, 0.25) is 0 Å². The summed E-state index contributed by atoms with van der Waals surface area (Å²) in [5.74, 6) is 1.26. The first-order chi connectivity index (χ1) is 7.02. The number of carbonyl (C=O) groups is 1. The van der Waals surface area contributed by atoms with Crippen LogP contribution in [0.3, 0.4) is 0 Å². The number of hydrogen-bond acceptors (Lipinski definition) is 2. The Hall–Kier alpha value is -0.570. The maximum atomic E-state index is 11.5. The van der Waals surface area contributed by atoms with Crippen LogP contribution in [-0.2, 0) is 4.79 Å². The van der Waals surface area contributed by atoms with E-state index in [-0.39, 0.29) is 11.9 Å². The van der Waals surface area contributed by atoms with Crippen LogP contribution in [-0.4, -0.2) is 18.0 Å². The maximum absolute atomic E-state index is 11.5. The molecule has 0 heterocycles. The molecule has 1 fully saturated rings. The van der Waals surface area contributed by atoms with E-state index < -0.39 is 0 Å². The fourth-order valence-corrected chi connectivity index (χ4v) is 2.45. The molecule has 1 rings (SSSR count). The summed E-state index contributed by atoms with van der Waals surface area (Å²) in [6, 6.07) is -0.0445. The van der Waals surface area contributed by atoms with Crippen molar-refractivity contribution in [3.8, 4) is 0 Å². The molecule has 3 atom stereocenters. The van der Waals surface area contributed by atoms with Crippen molar-refractivity contribution in [2.75, 3.05) is 0 Å². The molecule has 0 spiro atoms. The Morgan fingerprint density at radius 3 is 2.40 bits per heavy atom. The van der Waals surface area contributed by atoms with Crippen molar-refractivity contribution in [2.45, 2.75) is 58.5 Å². The molecule has 3 N–H and O–H groups in total. The van der Waals surface area contributed by atoms with Crippen LogP contribution in [0.15, 0.2) is 0 Å². The summed E-state index contributed by atoms with van der Waals surface area (Å²) in [6.45, 7) is 6.21. The molecule has 1 saturated carbocycles. The van der Waals surface area contributed by atoms with Gasteiger partial charge in [-0.05, 0) is 31.6 Å². The highest BCUT2D eigenvalue weighted by Crippen LogP contribution is 2.30. The number of hydrogen-bond donors (Lipinski definition) is 2. The standard InChI is InChI=1S/C12H24N2O/c1-8(2)10-6-4-5-7-11(10)14-12(15)9(3)13/h8-11H,4-7,13H2,1-3H3,(H,14,15)/t9-,10?,11?/m0/s1. The Morgan fingerprint density at radius 1 is 1.27 bits per heavy atom. The second kappa shape index (κ2) is 5.50. The van der Waals surface area contributed by atoms with Gasteiger partial charge in [0.25, 0.3) is 0 Å². The first-order valence-electron chi connectivity index (χ1n) is 6.08. The molecule has 15 heavy (non-hydrogen) atoms. The van der Waals surface area contributed by atoms with Crippen molar-refractivity contribution in [1.29, 1.82) is 0 Å². The Kier molecular flexibility index (Phi) is 4.58. The molecular formula is C12H24N2O. The molecule has 0 aromatic rings. The predicted molar refractivity (Wildman–Crippen MR) is 62.4 cm³/mol. The average molecular weight is 212 g/mol. The predicted octanol–water partition coefficient (Wildman–Crippen LogP) is 1.66. The third kappa shape index (κ3) is 3.49. The van der Waals surface area contributed by atoms with E-state index in [2.05, 4.69) is 19.2 Å². The first-order valence-corrected chi connectivity index (χ1v) is 6.08. The molecule has 0 saturated heterocycles. The minimum absolute atomic E-state index is 0.00690. The van der Waals surface area contributed by atoms with Gasteiger partial charge in [-0.2, -0.15) is 0 Å². The van der Waals surface area contributed by atoms with Gasteiger partial charge in [0, 0.05) is 6.04 Å². The summed E-state index contributed by atoms with van der Waals surface area (Å²) in [5, 5.41) is 3.09. The highest BCUT2D eigenvalue weighted by atomic mass is 16.2. The topological polar surface area (TPSA) is 55.1 Å². The van der Waals surface area contributed by atoms with E-state index in [1.807, 2.05) is 0 Å². The summed E-state index contributed by atoms with van der Waals surface area (Å²) in [5.41, 5.74) is 5.56. The number of nitrogens with one attached hydrogen (secondary N) is 1. The van der Waals surface area contributed by atoms with Crippen LogP contribution in [0.1, 0.15) is 46.5 Å². The third-order valence-electron chi connectivity index (χ3n) is 3.42. The van der Waals surface area contributed by atoms with Crippen LogP contribution in [0.25, 0.3) is 0 Å². The second-order valence-corrected chi connectivity index (χ2v) is 5.10. The summed E-state index contributed by atoms with van der Waals surface area (Å²) < 4.78 is 0. The molecule has 3 nitrogen and oxygen atoms in total. The minimum Gasteiger partial charge on any atom is -0.352 e. The number of rotatable bonds is 3. The van der Waals surface area contributed by atoms with Crippen LogP contribution in [0, 0.1) is 11.8 Å². The van der Waals surface area contributed by atoms with E-state index in [0.29, 0.717) is 17.9 Å². The zero-order chi connectivity index (χ0) is 11.4. The van der Waals surface area contributed by atoms with Crippen molar-refractivity contribution in [3.05, 3.63) is 0 Å². The van der Waals surface area contributed by atoms with Crippen molar-refractivity contribution in [2.24, 2.45) is 17.6 Å². The molecule has 0 aliphatic heterocycles. The average Bonchev–Trinajstić information content (AvgIpc) is 2.18. The van der Waals surface area contributed by atoms with Crippen molar-refractivity contribution >= 4 is 5.91 Å². The molecular weight excluding hydrogens is 188 g/mol. The molecule has 1 aliphatic rings. The molecule has 0 aromatic heterocycles. The molecule has 88 valence electrons. The van der Waals surface area contributed by atoms with Crippen molar-refractivity contribution in [3.63, 3.8) is 0 Å². The highest BCUT2D eigenvalue weighted by Gasteiger charge is 2.28. The minimum atomic E-state index is -0.389. The van der Waals surface area contributed by atoms with Crippen LogP contribution < -0.4 is 11.1 Å². The largest absolute Gasteiger partial charge is 0.352 e. The summed E-state index contributed by atoms with van der Waals surface area (Å²) >= 11 is 0. The summed E-state index contributed by atoms with van der Waals surface area (Å²) in [7, 11) is 0. The lowest BCUT2D eigenvalue weighted by molar-refractivity contribution is -0.123. The fraction of sp³-hybridized carbons (Fsp3) is 0.917. The normalized spacial score (nSPS) is 28.9. The Bertz CT molecular complexity index is 214. The van der Waals surface area contributed by atoms with Gasteiger partial charge in [0.15, 0.2) is 0 Å². The third-order valence-corrected chi connectivity index (χ3v) is 3.42. The zero-order valence-electron chi connectivity index (χ0n) is 10.1. The molecule has 1 amide bonds. The van der Waals surface area contributed by atoms with Gasteiger partial charge in [0.05, 0.1) is 6.04 Å². The lowest BCUT2D eigenvalue weighted by Gasteiger charge is -2.35. The Balaban J connectivity index is 2.53. The molecule has 0 bridgehead atoms. The zero-order valence-corrected chi connectivity index (χ0v) is 10.1. The second-order valence-electron chi connectivity index (χ2n) is 5.10. The van der Waals surface area contributed by atoms with E-state index >= 15 is 0 Å². The summed E-state index contributed by atoms with van der Waals surface area (Å²) in [4.78, 5) is 11.5. The van der Waals surface area contributed by atoms with Gasteiger partial charge in [0.2, 0.25) is 5.91 Å². The van der Waals surface area contributed by atoms with Crippen LogP contribution in [0.4, 0.5) is 0 Å². The van der Waals surface area contributed by atoms with Gasteiger partial charge < -0.3 is 11.1 Å². The fourth-order valence-electron chi connectivity index (χ4n) is 2.45. The molecule has 3 heteroatoms. The number of carbonyl (C=O) groups excluding carboxylic acids is 1. The smallest absolute Gasteiger partial charge is 0.236 e. The first kappa shape index (κ1) is 12.5. The number of amides is 1. The SMILES string of the molecule is CC(C)C1CCCCC1NC(=O)[C@H](C)N. The maximum Gasteiger partial charge on any atom is 0.236 e. The van der Waals surface area contributed by atoms with Gasteiger partial charge in [-0.1, -0.05) is 26.7 Å². The Labute approximate surface area is 92.8 Å². The quantitative estimate of drug-likeness (QED) is 0.747. The molecule has 2 unspecified atom stereocenters. The van der Waals surface area contributed by atoms with Crippen LogP contribution in [0.5, 0.6) is 0 Å². The van der Waals surface area contributed by atoms with E-state index in [9.17, 15) is 4.79 Å². The summed E-state index contributed by atoms with van der Waals surface area (Å²) in [6.07, 6.45) is 4.88. The van der Waals surface area contributed by atoms with Gasteiger partial charge in [-0.15, -0.1) is 0 Å². The van der Waals surface area contributed by atoms with Crippen molar-refractivity contribution in [1.82, 2.24) is 5.32 Å². The van der Waals surface area contributed by atoms with Gasteiger partial charge in [-0.3, -0.25) is 4.79 Å². The Morgan fingerprint density at radius 2 is 1.87 bits per heavy atom. The molecule has 0 radical (unpaired) electrons. The lowest BCUT2D eigenvalue weighted by Crippen LogP contribution is -2.49. The van der Waals surface area contributed by atoms with E-state index in [1.165, 1.54) is 19.3 Å². The lowest BCUT2D eigenvalue weighted by atomic mass is 9.78. The molecule has 0 aromatic carbocycles. The van der Waals surface area contributed by atoms with Crippen LogP contribution >= 0.6 is 0 Å². The van der Waals surface area contributed by atoms with Gasteiger partial charge in [0.1, 0.15) is 0 Å². The van der Waals surface area contributed by atoms with E-state index in [0.717, 1.165) is 6.42 Å². The highest BCUT2D eigenvalue weighted by molar-refractivity contribution is 5.81. The number of nitrogens with two attached hydrogens (primary N) is 1. The van der Waals surface area contributed by atoms with Crippen molar-refractivity contribution < 1.29 is 4.79 Å². The van der Waals surface area contributed by atoms with Gasteiger partial charge in [-0.25, -0.2) is 0 Å². The van der Waals surface area contributed by atoms with Gasteiger partial charge >= 0.3 is 0 Å². The monoisotopic (exact) mass is 212 g/mol. The van der Waals surface area contributed by atoms with E-state index in [4.69, 9.17) is 5.73 Å². The molecule has 1 aliphatic carbocycles. The van der Waals surface area contributed by atoms with E-state index in [1.54, 1.807) is 6.92 Å².